The zero-order valence-corrected chi connectivity index (χ0v) is 23.6. The van der Waals surface area contributed by atoms with Gasteiger partial charge in [-0.05, 0) is 50.5 Å². The molecule has 1 aromatic rings. The van der Waals surface area contributed by atoms with Gasteiger partial charge in [0, 0.05) is 25.2 Å². The van der Waals surface area contributed by atoms with Gasteiger partial charge in [-0.3, -0.25) is 19.2 Å². The number of hydrogen-bond donors (Lipinski definition) is 2. The molecule has 0 aromatic heterocycles. The molecule has 0 unspecified atom stereocenters. The first-order valence-electron chi connectivity index (χ1n) is 14.0. The average Bonchev–Trinajstić information content (AvgIpc) is 3.61. The molecule has 222 valence electrons. The molecule has 3 saturated heterocycles. The number of β-amino-alcohol motifs (C(OH)–C–C–N with tert-alkyl or cyclic N) is 1. The minimum absolute atomic E-state index is 0.0824. The first-order valence-corrected chi connectivity index (χ1v) is 14.0. The Morgan fingerprint density at radius 1 is 1.27 bits per heavy atom. The standard InChI is InChI=1S/C30H39N3O8/c1-5-7-8-23(35)31-18-19(3)40-29(38)24-22-13-14-30(41-22)25(24)27(36)33(16-17-34)26(30)28(37)32(15-6-2)20-9-11-21(39-4)12-10-20/h5-6,9-12,19,22,24-26,34H,1-2,7-8,13-18H2,3-4H3,(H,31,35)/t19-,22+,24-,25-,26+,30-/m0/s1. The summed E-state index contributed by atoms with van der Waals surface area (Å²) in [5.74, 6) is -2.78. The number of aliphatic hydroxyl groups excluding tert-OH is 1. The number of rotatable bonds is 14. The zero-order valence-electron chi connectivity index (χ0n) is 23.6. The molecular formula is C30H39N3O8. The molecule has 0 radical (unpaired) electrons. The van der Waals surface area contributed by atoms with Gasteiger partial charge in [0.05, 0.1) is 38.2 Å². The molecule has 3 fully saturated rings. The van der Waals surface area contributed by atoms with Gasteiger partial charge >= 0.3 is 5.97 Å². The maximum atomic E-state index is 14.3. The average molecular weight is 570 g/mol. The Bertz CT molecular complexity index is 1170. The largest absolute Gasteiger partial charge is 0.497 e. The second kappa shape index (κ2) is 12.9. The van der Waals surface area contributed by atoms with Gasteiger partial charge in [0.15, 0.2) is 0 Å². The number of likely N-dealkylation sites (tertiary alicyclic amines) is 1. The van der Waals surface area contributed by atoms with Crippen molar-refractivity contribution < 1.29 is 38.5 Å². The number of methoxy groups -OCH3 is 1. The van der Waals surface area contributed by atoms with E-state index in [1.807, 2.05) is 0 Å². The molecule has 4 rings (SSSR count). The minimum Gasteiger partial charge on any atom is -0.497 e. The quantitative estimate of drug-likeness (QED) is 0.255. The number of anilines is 1. The van der Waals surface area contributed by atoms with Crippen LogP contribution in [-0.4, -0.2) is 90.9 Å². The van der Waals surface area contributed by atoms with Crippen LogP contribution in [0.15, 0.2) is 49.6 Å². The van der Waals surface area contributed by atoms with Crippen LogP contribution in [0.2, 0.25) is 0 Å². The van der Waals surface area contributed by atoms with E-state index in [4.69, 9.17) is 14.2 Å². The van der Waals surface area contributed by atoms with E-state index in [-0.39, 0.29) is 44.5 Å². The van der Waals surface area contributed by atoms with E-state index >= 15 is 0 Å². The molecule has 2 bridgehead atoms. The second-order valence-corrected chi connectivity index (χ2v) is 10.6. The molecule has 6 atom stereocenters. The van der Waals surface area contributed by atoms with Gasteiger partial charge < -0.3 is 34.4 Å². The van der Waals surface area contributed by atoms with Crippen molar-refractivity contribution in [1.29, 1.82) is 0 Å². The van der Waals surface area contributed by atoms with Gasteiger partial charge in [-0.1, -0.05) is 12.2 Å². The number of esters is 1. The number of carbonyl (C=O) groups excluding carboxylic acids is 4. The van der Waals surface area contributed by atoms with Gasteiger partial charge in [0.2, 0.25) is 11.8 Å². The maximum absolute atomic E-state index is 14.3. The molecule has 1 spiro atoms. The molecule has 11 nitrogen and oxygen atoms in total. The monoisotopic (exact) mass is 569 g/mol. The van der Waals surface area contributed by atoms with Crippen LogP contribution in [0.4, 0.5) is 5.69 Å². The van der Waals surface area contributed by atoms with Crippen LogP contribution >= 0.6 is 0 Å². The lowest BCUT2D eigenvalue weighted by Gasteiger charge is -2.36. The normalized spacial score (nSPS) is 26.7. The number of benzene rings is 1. The van der Waals surface area contributed by atoms with Gasteiger partial charge in [-0.25, -0.2) is 0 Å². The summed E-state index contributed by atoms with van der Waals surface area (Å²) in [5, 5.41) is 12.6. The number of nitrogens with one attached hydrogen (secondary N) is 1. The molecule has 41 heavy (non-hydrogen) atoms. The van der Waals surface area contributed by atoms with Crippen molar-refractivity contribution in [3.63, 3.8) is 0 Å². The Balaban J connectivity index is 1.57. The molecule has 3 heterocycles. The molecule has 3 aliphatic rings. The highest BCUT2D eigenvalue weighted by Gasteiger charge is 2.75. The molecular weight excluding hydrogens is 530 g/mol. The van der Waals surface area contributed by atoms with Crippen LogP contribution in [0.1, 0.15) is 32.6 Å². The first-order chi connectivity index (χ1) is 19.7. The Morgan fingerprint density at radius 2 is 2.00 bits per heavy atom. The van der Waals surface area contributed by atoms with Crippen molar-refractivity contribution in [3.05, 3.63) is 49.6 Å². The minimum atomic E-state index is -1.23. The summed E-state index contributed by atoms with van der Waals surface area (Å²) >= 11 is 0. The summed E-state index contributed by atoms with van der Waals surface area (Å²) in [6, 6.07) is 5.91. The Labute approximate surface area is 240 Å². The SMILES string of the molecule is C=CCCC(=O)NC[C@H](C)OC(=O)[C@@H]1[C@H]2C(=O)N(CCO)[C@H](C(=O)N(CC=C)c3ccc(OC)cc3)[C@]23CC[C@H]1O3. The fourth-order valence-corrected chi connectivity index (χ4v) is 6.31. The third-order valence-corrected chi connectivity index (χ3v) is 8.09. The number of carbonyl (C=O) groups is 4. The third kappa shape index (κ3) is 5.73. The predicted molar refractivity (Wildman–Crippen MR) is 150 cm³/mol. The number of ether oxygens (including phenoxy) is 3. The van der Waals surface area contributed by atoms with Gasteiger partial charge in [-0.2, -0.15) is 0 Å². The lowest BCUT2D eigenvalue weighted by molar-refractivity contribution is -0.159. The van der Waals surface area contributed by atoms with Crippen LogP contribution in [0.25, 0.3) is 0 Å². The van der Waals surface area contributed by atoms with Gasteiger partial charge in [0.25, 0.3) is 5.91 Å². The second-order valence-electron chi connectivity index (χ2n) is 10.6. The maximum Gasteiger partial charge on any atom is 0.312 e. The predicted octanol–water partition coefficient (Wildman–Crippen LogP) is 1.60. The molecule has 3 amide bonds. The number of aliphatic hydroxyl groups is 1. The summed E-state index contributed by atoms with van der Waals surface area (Å²) in [4.78, 5) is 56.3. The number of nitrogens with zero attached hydrogens (tertiary/aromatic N) is 2. The van der Waals surface area contributed by atoms with Crippen molar-refractivity contribution in [2.24, 2.45) is 11.8 Å². The summed E-state index contributed by atoms with van der Waals surface area (Å²) in [5.41, 5.74) is -0.648. The Hall–Kier alpha value is -3.70. The van der Waals surface area contributed by atoms with E-state index in [1.165, 1.54) is 9.80 Å². The van der Waals surface area contributed by atoms with Crippen molar-refractivity contribution in [2.45, 2.75) is 56.5 Å². The van der Waals surface area contributed by atoms with Crippen LogP contribution in [0.5, 0.6) is 5.75 Å². The third-order valence-electron chi connectivity index (χ3n) is 8.09. The summed E-state index contributed by atoms with van der Waals surface area (Å²) in [6.07, 6.45) is 3.76. The van der Waals surface area contributed by atoms with E-state index < -0.39 is 47.6 Å². The summed E-state index contributed by atoms with van der Waals surface area (Å²) < 4.78 is 17.3. The summed E-state index contributed by atoms with van der Waals surface area (Å²) in [6.45, 7) is 8.91. The highest BCUT2D eigenvalue weighted by molar-refractivity contribution is 6.04. The van der Waals surface area contributed by atoms with Crippen LogP contribution in [0, 0.1) is 11.8 Å². The lowest BCUT2D eigenvalue weighted by atomic mass is 9.70. The Kier molecular flexibility index (Phi) is 9.49. The molecule has 0 aliphatic carbocycles. The molecule has 2 N–H and O–H groups in total. The fraction of sp³-hybridized carbons (Fsp3) is 0.533. The van der Waals surface area contributed by atoms with Crippen molar-refractivity contribution >= 4 is 29.4 Å². The fourth-order valence-electron chi connectivity index (χ4n) is 6.31. The van der Waals surface area contributed by atoms with Gasteiger partial charge in [-0.15, -0.1) is 13.2 Å². The smallest absolute Gasteiger partial charge is 0.312 e. The van der Waals surface area contributed by atoms with Crippen molar-refractivity contribution in [2.75, 3.05) is 38.3 Å². The number of hydrogen-bond acceptors (Lipinski definition) is 8. The van der Waals surface area contributed by atoms with E-state index in [0.29, 0.717) is 30.7 Å². The zero-order chi connectivity index (χ0) is 29.7. The topological polar surface area (TPSA) is 135 Å². The summed E-state index contributed by atoms with van der Waals surface area (Å²) in [7, 11) is 1.55. The molecule has 3 aliphatic heterocycles. The molecule has 11 heteroatoms. The molecule has 1 aromatic carbocycles. The molecule has 0 saturated carbocycles. The van der Waals surface area contributed by atoms with Crippen LogP contribution in [-0.2, 0) is 28.7 Å². The first kappa shape index (κ1) is 30.3. The van der Waals surface area contributed by atoms with Crippen LogP contribution < -0.4 is 15.0 Å². The Morgan fingerprint density at radius 3 is 2.63 bits per heavy atom. The van der Waals surface area contributed by atoms with Crippen molar-refractivity contribution in [3.8, 4) is 5.75 Å². The van der Waals surface area contributed by atoms with Crippen molar-refractivity contribution in [1.82, 2.24) is 10.2 Å². The van der Waals surface area contributed by atoms with E-state index in [0.717, 1.165) is 0 Å². The number of allylic oxidation sites excluding steroid dienone is 1. The number of amides is 3. The number of fused-ring (bicyclic) bond motifs is 1. The lowest BCUT2D eigenvalue weighted by Crippen LogP contribution is -2.56. The highest BCUT2D eigenvalue weighted by Crippen LogP contribution is 2.58. The van der Waals surface area contributed by atoms with Crippen LogP contribution in [0.3, 0.4) is 0 Å². The highest BCUT2D eigenvalue weighted by atomic mass is 16.6. The van der Waals surface area contributed by atoms with E-state index in [9.17, 15) is 24.3 Å². The van der Waals surface area contributed by atoms with E-state index in [1.54, 1.807) is 50.5 Å². The van der Waals surface area contributed by atoms with Gasteiger partial charge in [0.1, 0.15) is 23.5 Å². The van der Waals surface area contributed by atoms with E-state index in [2.05, 4.69) is 18.5 Å².